The van der Waals surface area contributed by atoms with E-state index in [1.54, 1.807) is 13.8 Å². The highest BCUT2D eigenvalue weighted by atomic mass is 79.9. The molecule has 0 aromatic heterocycles. The summed E-state index contributed by atoms with van der Waals surface area (Å²) in [5.74, 6) is 0.272. The molecule has 1 N–H and O–H groups in total. The van der Waals surface area contributed by atoms with Crippen LogP contribution in [0, 0.1) is 5.41 Å². The summed E-state index contributed by atoms with van der Waals surface area (Å²) in [6.07, 6.45) is 0.589. The number of benzene rings is 1. The van der Waals surface area contributed by atoms with E-state index in [1.807, 2.05) is 18.2 Å². The fraction of sp³-hybridized carbons (Fsp3) is 0.462. The first-order valence-electron chi connectivity index (χ1n) is 5.56. The molecule has 0 fully saturated rings. The number of carboxylic acid groups (broad SMARTS) is 1. The van der Waals surface area contributed by atoms with Crippen molar-refractivity contribution in [2.24, 2.45) is 5.41 Å². The summed E-state index contributed by atoms with van der Waals surface area (Å²) in [6.45, 7) is 4.08. The zero-order valence-electron chi connectivity index (χ0n) is 9.87. The predicted molar refractivity (Wildman–Crippen MR) is 68.4 cm³/mol. The predicted octanol–water partition coefficient (Wildman–Crippen LogP) is 3.43. The van der Waals surface area contributed by atoms with Gasteiger partial charge < -0.3 is 9.84 Å². The van der Waals surface area contributed by atoms with Gasteiger partial charge in [0.15, 0.2) is 0 Å². The van der Waals surface area contributed by atoms with Crippen LogP contribution < -0.4 is 4.74 Å². The van der Waals surface area contributed by atoms with Gasteiger partial charge in [0.25, 0.3) is 0 Å². The van der Waals surface area contributed by atoms with Gasteiger partial charge in [0, 0.05) is 16.0 Å². The van der Waals surface area contributed by atoms with Gasteiger partial charge in [-0.3, -0.25) is 4.79 Å². The first-order valence-corrected chi connectivity index (χ1v) is 6.35. The SMILES string of the molecule is CC(C)(CC1COc2ccc(Br)cc21)C(=O)O. The average Bonchev–Trinajstić information content (AvgIpc) is 2.60. The van der Waals surface area contributed by atoms with Gasteiger partial charge in [-0.05, 0) is 38.5 Å². The molecule has 1 atom stereocenters. The first-order chi connectivity index (χ1) is 7.90. The van der Waals surface area contributed by atoms with E-state index in [1.165, 1.54) is 0 Å². The Balaban J connectivity index is 2.23. The lowest BCUT2D eigenvalue weighted by Crippen LogP contribution is -2.26. The topological polar surface area (TPSA) is 46.5 Å². The van der Waals surface area contributed by atoms with Crippen molar-refractivity contribution in [3.63, 3.8) is 0 Å². The minimum absolute atomic E-state index is 0.161. The Morgan fingerprint density at radius 1 is 1.59 bits per heavy atom. The third-order valence-electron chi connectivity index (χ3n) is 3.19. The van der Waals surface area contributed by atoms with Crippen molar-refractivity contribution >= 4 is 21.9 Å². The van der Waals surface area contributed by atoms with Gasteiger partial charge in [0.05, 0.1) is 12.0 Å². The van der Waals surface area contributed by atoms with Crippen LogP contribution in [0.4, 0.5) is 0 Å². The van der Waals surface area contributed by atoms with Crippen LogP contribution in [0.15, 0.2) is 22.7 Å². The second-order valence-corrected chi connectivity index (χ2v) is 6.00. The minimum Gasteiger partial charge on any atom is -0.493 e. The minimum atomic E-state index is -0.763. The molecule has 0 aliphatic carbocycles. The van der Waals surface area contributed by atoms with Gasteiger partial charge in [0.2, 0.25) is 0 Å². The van der Waals surface area contributed by atoms with Gasteiger partial charge in [-0.1, -0.05) is 15.9 Å². The summed E-state index contributed by atoms with van der Waals surface area (Å²) in [5.41, 5.74) is 0.381. The lowest BCUT2D eigenvalue weighted by atomic mass is 9.81. The third kappa shape index (κ3) is 2.46. The maximum atomic E-state index is 11.1. The molecule has 0 spiro atoms. The van der Waals surface area contributed by atoms with Crippen LogP contribution in [0.2, 0.25) is 0 Å². The molecule has 0 bridgehead atoms. The molecule has 17 heavy (non-hydrogen) atoms. The van der Waals surface area contributed by atoms with Crippen LogP contribution >= 0.6 is 15.9 Å². The molecule has 4 heteroatoms. The zero-order chi connectivity index (χ0) is 12.6. The Bertz CT molecular complexity index is 454. The number of hydrogen-bond donors (Lipinski definition) is 1. The molecule has 1 unspecified atom stereocenters. The van der Waals surface area contributed by atoms with Gasteiger partial charge >= 0.3 is 5.97 Å². The number of fused-ring (bicyclic) bond motifs is 1. The first kappa shape index (κ1) is 12.4. The fourth-order valence-corrected chi connectivity index (χ4v) is 2.50. The number of carboxylic acids is 1. The fourth-order valence-electron chi connectivity index (χ4n) is 2.12. The van der Waals surface area contributed by atoms with Crippen molar-refractivity contribution in [2.75, 3.05) is 6.61 Å². The van der Waals surface area contributed by atoms with Crippen molar-refractivity contribution in [1.29, 1.82) is 0 Å². The van der Waals surface area contributed by atoms with E-state index in [0.29, 0.717) is 13.0 Å². The Morgan fingerprint density at radius 2 is 2.29 bits per heavy atom. The molecule has 0 amide bonds. The molecule has 1 aliphatic rings. The number of hydrogen-bond acceptors (Lipinski definition) is 2. The Morgan fingerprint density at radius 3 is 2.94 bits per heavy atom. The molecular formula is C13H15BrO3. The van der Waals surface area contributed by atoms with Crippen LogP contribution in [-0.4, -0.2) is 17.7 Å². The van der Waals surface area contributed by atoms with Crippen LogP contribution in [0.3, 0.4) is 0 Å². The van der Waals surface area contributed by atoms with Crippen LogP contribution in [0.25, 0.3) is 0 Å². The molecule has 1 aromatic carbocycles. The Labute approximate surface area is 109 Å². The Kier molecular flexibility index (Phi) is 3.17. The van der Waals surface area contributed by atoms with Crippen molar-refractivity contribution in [1.82, 2.24) is 0 Å². The van der Waals surface area contributed by atoms with Crippen molar-refractivity contribution in [2.45, 2.75) is 26.2 Å². The zero-order valence-corrected chi connectivity index (χ0v) is 11.5. The quantitative estimate of drug-likeness (QED) is 0.930. The summed E-state index contributed by atoms with van der Waals surface area (Å²) >= 11 is 3.43. The van der Waals surface area contributed by atoms with Gasteiger partial charge in [0.1, 0.15) is 5.75 Å². The summed E-state index contributed by atoms with van der Waals surface area (Å²) in [4.78, 5) is 11.1. The number of halogens is 1. The highest BCUT2D eigenvalue weighted by Crippen LogP contribution is 2.41. The maximum Gasteiger partial charge on any atom is 0.309 e. The summed E-state index contributed by atoms with van der Waals surface area (Å²) in [6, 6.07) is 5.88. The highest BCUT2D eigenvalue weighted by Gasteiger charge is 2.35. The smallest absolute Gasteiger partial charge is 0.309 e. The number of aliphatic carboxylic acids is 1. The second-order valence-electron chi connectivity index (χ2n) is 5.08. The third-order valence-corrected chi connectivity index (χ3v) is 3.68. The summed E-state index contributed by atoms with van der Waals surface area (Å²) in [7, 11) is 0. The molecule has 1 heterocycles. The van der Waals surface area contributed by atoms with Crippen LogP contribution in [0.5, 0.6) is 5.75 Å². The molecular weight excluding hydrogens is 284 g/mol. The van der Waals surface area contributed by atoms with Crippen molar-refractivity contribution < 1.29 is 14.6 Å². The monoisotopic (exact) mass is 298 g/mol. The molecule has 3 nitrogen and oxygen atoms in total. The maximum absolute atomic E-state index is 11.1. The van der Waals surface area contributed by atoms with E-state index in [9.17, 15) is 4.79 Å². The second kappa shape index (κ2) is 4.33. The molecule has 1 aromatic rings. The number of ether oxygens (including phenoxy) is 1. The van der Waals surface area contributed by atoms with E-state index in [0.717, 1.165) is 15.8 Å². The van der Waals surface area contributed by atoms with Gasteiger partial charge in [-0.25, -0.2) is 0 Å². The van der Waals surface area contributed by atoms with Gasteiger partial charge in [-0.2, -0.15) is 0 Å². The van der Waals surface area contributed by atoms with Crippen molar-refractivity contribution in [3.05, 3.63) is 28.2 Å². The Hall–Kier alpha value is -1.03. The molecule has 1 aliphatic heterocycles. The van der Waals surface area contributed by atoms with E-state index in [-0.39, 0.29) is 5.92 Å². The molecule has 0 saturated heterocycles. The number of rotatable bonds is 3. The highest BCUT2D eigenvalue weighted by molar-refractivity contribution is 9.10. The lowest BCUT2D eigenvalue weighted by molar-refractivity contribution is -0.147. The largest absolute Gasteiger partial charge is 0.493 e. The average molecular weight is 299 g/mol. The van der Waals surface area contributed by atoms with Crippen molar-refractivity contribution in [3.8, 4) is 5.75 Å². The molecule has 0 radical (unpaired) electrons. The molecule has 2 rings (SSSR count). The summed E-state index contributed by atoms with van der Waals surface area (Å²) < 4.78 is 6.58. The lowest BCUT2D eigenvalue weighted by Gasteiger charge is -2.22. The molecule has 0 saturated carbocycles. The normalized spacial score (nSPS) is 18.6. The van der Waals surface area contributed by atoms with Crippen LogP contribution in [0.1, 0.15) is 31.7 Å². The standard InChI is InChI=1S/C13H15BrO3/c1-13(2,12(15)16)6-8-7-17-11-4-3-9(14)5-10(8)11/h3-5,8H,6-7H2,1-2H3,(H,15,16). The van der Waals surface area contributed by atoms with E-state index in [2.05, 4.69) is 15.9 Å². The number of carbonyl (C=O) groups is 1. The van der Waals surface area contributed by atoms with E-state index < -0.39 is 11.4 Å². The van der Waals surface area contributed by atoms with Crippen LogP contribution in [-0.2, 0) is 4.79 Å². The van der Waals surface area contributed by atoms with E-state index >= 15 is 0 Å². The van der Waals surface area contributed by atoms with Gasteiger partial charge in [-0.15, -0.1) is 0 Å². The van der Waals surface area contributed by atoms with E-state index in [4.69, 9.17) is 9.84 Å². The summed E-state index contributed by atoms with van der Waals surface area (Å²) in [5, 5.41) is 9.15. The molecule has 92 valence electrons.